The van der Waals surface area contributed by atoms with E-state index in [4.69, 9.17) is 4.74 Å². The second-order valence-corrected chi connectivity index (χ2v) is 8.39. The van der Waals surface area contributed by atoms with E-state index in [-0.39, 0.29) is 11.4 Å². The van der Waals surface area contributed by atoms with Gasteiger partial charge < -0.3 is 15.4 Å². The molecule has 0 bridgehead atoms. The Labute approximate surface area is 204 Å². The summed E-state index contributed by atoms with van der Waals surface area (Å²) in [5, 5.41) is 16.4. The third-order valence-corrected chi connectivity index (χ3v) is 5.42. The van der Waals surface area contributed by atoms with E-state index in [1.54, 1.807) is 18.2 Å². The number of rotatable bonds is 7. The molecule has 3 aromatic carbocycles. The molecule has 0 radical (unpaired) electrons. The molecule has 3 aromatic rings. The quantitative estimate of drug-likeness (QED) is 0.245. The van der Waals surface area contributed by atoms with Gasteiger partial charge in [-0.05, 0) is 95.0 Å². The number of nitro groups is 1. The van der Waals surface area contributed by atoms with Crippen molar-refractivity contribution in [3.05, 3.63) is 103 Å². The van der Waals surface area contributed by atoms with Crippen molar-refractivity contribution in [3.63, 3.8) is 0 Å². The summed E-state index contributed by atoms with van der Waals surface area (Å²) in [7, 11) is 1.52. The minimum atomic E-state index is -0.538. The topological polar surface area (TPSA) is 111 Å². The van der Waals surface area contributed by atoms with E-state index < -0.39 is 16.7 Å². The van der Waals surface area contributed by atoms with E-state index in [1.165, 1.54) is 37.5 Å². The number of non-ortho nitro benzene ring substituents is 1. The van der Waals surface area contributed by atoms with Crippen molar-refractivity contribution in [1.82, 2.24) is 5.32 Å². The highest BCUT2D eigenvalue weighted by atomic mass is 79.9. The standard InChI is InChI=1S/C25H22BrN3O5/c1-15-10-16(2)12-19(11-15)27-25(31)22(13-17-4-7-20(8-5-17)29(32)33)28-24(30)18-6-9-23(34-3)21(26)14-18/h4-14H,1-3H3,(H,27,31)(H,28,30)/b22-13-. The maximum atomic E-state index is 13.1. The molecule has 0 heterocycles. The monoisotopic (exact) mass is 523 g/mol. The SMILES string of the molecule is COc1ccc(C(=O)N/C(=C\c2ccc([N+](=O)[O-])cc2)C(=O)Nc2cc(C)cc(C)c2)cc1Br. The number of hydrogen-bond acceptors (Lipinski definition) is 5. The van der Waals surface area contributed by atoms with Crippen LogP contribution in [0.2, 0.25) is 0 Å². The summed E-state index contributed by atoms with van der Waals surface area (Å²) in [5.74, 6) is -0.484. The lowest BCUT2D eigenvalue weighted by Crippen LogP contribution is -2.30. The fourth-order valence-electron chi connectivity index (χ4n) is 3.26. The van der Waals surface area contributed by atoms with Crippen LogP contribution in [0.3, 0.4) is 0 Å². The first kappa shape index (κ1) is 24.7. The summed E-state index contributed by atoms with van der Waals surface area (Å²) in [5.41, 5.74) is 3.24. The lowest BCUT2D eigenvalue weighted by atomic mass is 10.1. The molecule has 0 aliphatic carbocycles. The molecule has 0 aromatic heterocycles. The van der Waals surface area contributed by atoms with Crippen molar-refractivity contribution < 1.29 is 19.2 Å². The average molecular weight is 524 g/mol. The molecule has 0 fully saturated rings. The van der Waals surface area contributed by atoms with Gasteiger partial charge in [0.1, 0.15) is 11.4 Å². The van der Waals surface area contributed by atoms with E-state index in [1.807, 2.05) is 32.0 Å². The van der Waals surface area contributed by atoms with E-state index in [0.717, 1.165) is 11.1 Å². The molecule has 2 amide bonds. The minimum Gasteiger partial charge on any atom is -0.496 e. The van der Waals surface area contributed by atoms with Gasteiger partial charge in [0.15, 0.2) is 0 Å². The van der Waals surface area contributed by atoms with Crippen LogP contribution in [0.25, 0.3) is 6.08 Å². The van der Waals surface area contributed by atoms with Crippen LogP contribution in [0, 0.1) is 24.0 Å². The van der Waals surface area contributed by atoms with Gasteiger partial charge in [0, 0.05) is 23.4 Å². The van der Waals surface area contributed by atoms with Crippen molar-refractivity contribution in [2.24, 2.45) is 0 Å². The molecule has 0 aliphatic rings. The van der Waals surface area contributed by atoms with Crippen molar-refractivity contribution in [1.29, 1.82) is 0 Å². The highest BCUT2D eigenvalue weighted by Crippen LogP contribution is 2.25. The summed E-state index contributed by atoms with van der Waals surface area (Å²) in [6.45, 7) is 3.83. The molecule has 0 aliphatic heterocycles. The molecule has 9 heteroatoms. The fraction of sp³-hybridized carbons (Fsp3) is 0.120. The summed E-state index contributed by atoms with van der Waals surface area (Å²) in [4.78, 5) is 36.5. The number of hydrogen-bond donors (Lipinski definition) is 2. The van der Waals surface area contributed by atoms with Gasteiger partial charge in [0.25, 0.3) is 17.5 Å². The minimum absolute atomic E-state index is 0.0232. The van der Waals surface area contributed by atoms with E-state index in [9.17, 15) is 19.7 Å². The number of amides is 2. The Kier molecular flexibility index (Phi) is 7.80. The second-order valence-electron chi connectivity index (χ2n) is 7.54. The number of methoxy groups -OCH3 is 1. The van der Waals surface area contributed by atoms with Gasteiger partial charge in [-0.15, -0.1) is 0 Å². The fourth-order valence-corrected chi connectivity index (χ4v) is 3.81. The number of benzene rings is 3. The Hall–Kier alpha value is -3.98. The predicted molar refractivity (Wildman–Crippen MR) is 134 cm³/mol. The molecule has 34 heavy (non-hydrogen) atoms. The smallest absolute Gasteiger partial charge is 0.272 e. The molecule has 3 rings (SSSR count). The molecule has 0 atom stereocenters. The van der Waals surface area contributed by atoms with Crippen LogP contribution >= 0.6 is 15.9 Å². The summed E-state index contributed by atoms with van der Waals surface area (Å²) >= 11 is 3.35. The number of carbonyl (C=O) groups is 2. The van der Waals surface area contributed by atoms with Crippen molar-refractivity contribution >= 4 is 45.2 Å². The Morgan fingerprint density at radius 1 is 1.00 bits per heavy atom. The number of nitro benzene ring substituents is 1. The molecule has 0 saturated heterocycles. The zero-order valence-electron chi connectivity index (χ0n) is 18.7. The first-order valence-corrected chi connectivity index (χ1v) is 11.0. The molecule has 2 N–H and O–H groups in total. The Balaban J connectivity index is 1.93. The molecular weight excluding hydrogens is 502 g/mol. The van der Waals surface area contributed by atoms with Gasteiger partial charge in [0.05, 0.1) is 16.5 Å². The Morgan fingerprint density at radius 2 is 1.65 bits per heavy atom. The average Bonchev–Trinajstić information content (AvgIpc) is 2.78. The summed E-state index contributed by atoms with van der Waals surface area (Å²) in [6.07, 6.45) is 1.46. The number of nitrogens with one attached hydrogen (secondary N) is 2. The maximum absolute atomic E-state index is 13.1. The Morgan fingerprint density at radius 3 is 2.21 bits per heavy atom. The zero-order chi connectivity index (χ0) is 24.8. The van der Waals surface area contributed by atoms with Crippen molar-refractivity contribution in [2.75, 3.05) is 12.4 Å². The largest absolute Gasteiger partial charge is 0.496 e. The number of carbonyl (C=O) groups excluding carboxylic acids is 2. The third kappa shape index (κ3) is 6.29. The highest BCUT2D eigenvalue weighted by molar-refractivity contribution is 9.10. The maximum Gasteiger partial charge on any atom is 0.272 e. The van der Waals surface area contributed by atoms with Gasteiger partial charge in [-0.25, -0.2) is 0 Å². The van der Waals surface area contributed by atoms with E-state index in [2.05, 4.69) is 26.6 Å². The van der Waals surface area contributed by atoms with Crippen LogP contribution < -0.4 is 15.4 Å². The number of anilines is 1. The van der Waals surface area contributed by atoms with Crippen LogP contribution in [0.4, 0.5) is 11.4 Å². The molecular formula is C25H22BrN3O5. The lowest BCUT2D eigenvalue weighted by Gasteiger charge is -2.13. The second kappa shape index (κ2) is 10.8. The van der Waals surface area contributed by atoms with Crippen LogP contribution in [-0.2, 0) is 4.79 Å². The van der Waals surface area contributed by atoms with Gasteiger partial charge >= 0.3 is 0 Å². The van der Waals surface area contributed by atoms with Crippen molar-refractivity contribution in [3.8, 4) is 5.75 Å². The highest BCUT2D eigenvalue weighted by Gasteiger charge is 2.17. The number of aryl methyl sites for hydroxylation is 2. The number of halogens is 1. The molecule has 0 unspecified atom stereocenters. The summed E-state index contributed by atoms with van der Waals surface area (Å²) < 4.78 is 5.77. The first-order chi connectivity index (χ1) is 16.2. The van der Waals surface area contributed by atoms with Crippen LogP contribution in [0.5, 0.6) is 5.75 Å². The van der Waals surface area contributed by atoms with Crippen LogP contribution in [0.15, 0.2) is 70.8 Å². The molecule has 8 nitrogen and oxygen atoms in total. The van der Waals surface area contributed by atoms with Crippen LogP contribution in [-0.4, -0.2) is 23.8 Å². The lowest BCUT2D eigenvalue weighted by molar-refractivity contribution is -0.384. The number of ether oxygens (including phenoxy) is 1. The van der Waals surface area contributed by atoms with Crippen molar-refractivity contribution in [2.45, 2.75) is 13.8 Å². The van der Waals surface area contributed by atoms with Gasteiger partial charge in [0.2, 0.25) is 0 Å². The normalized spacial score (nSPS) is 11.0. The van der Waals surface area contributed by atoms with Gasteiger partial charge in [-0.2, -0.15) is 0 Å². The summed E-state index contributed by atoms with van der Waals surface area (Å²) in [6, 6.07) is 16.1. The van der Waals surface area contributed by atoms with Crippen LogP contribution in [0.1, 0.15) is 27.0 Å². The Bertz CT molecular complexity index is 1270. The predicted octanol–water partition coefficient (Wildman–Crippen LogP) is 5.39. The molecule has 0 spiro atoms. The third-order valence-electron chi connectivity index (χ3n) is 4.80. The van der Waals surface area contributed by atoms with E-state index in [0.29, 0.717) is 27.0 Å². The zero-order valence-corrected chi connectivity index (χ0v) is 20.3. The number of nitrogens with zero attached hydrogens (tertiary/aromatic N) is 1. The van der Waals surface area contributed by atoms with E-state index >= 15 is 0 Å². The molecule has 174 valence electrons. The van der Waals surface area contributed by atoms with Gasteiger partial charge in [-0.3, -0.25) is 19.7 Å². The van der Waals surface area contributed by atoms with Gasteiger partial charge in [-0.1, -0.05) is 6.07 Å². The molecule has 0 saturated carbocycles. The first-order valence-electron chi connectivity index (χ1n) is 10.2.